The first-order chi connectivity index (χ1) is 10.3. The lowest BCUT2D eigenvalue weighted by atomic mass is 10.0. The van der Waals surface area contributed by atoms with Gasteiger partial charge in [0.2, 0.25) is 0 Å². The van der Waals surface area contributed by atoms with Gasteiger partial charge in [-0.3, -0.25) is 0 Å². The first-order valence-electron chi connectivity index (χ1n) is 7.80. The third-order valence-electron chi connectivity index (χ3n) is 4.28. The average molecular weight is 281 g/mol. The number of nitrogens with one attached hydrogen (secondary N) is 1. The maximum Gasteiger partial charge on any atom is 0.118 e. The molecule has 0 heterocycles. The first kappa shape index (κ1) is 14.0. The van der Waals surface area contributed by atoms with E-state index in [1.807, 2.05) is 0 Å². The van der Waals surface area contributed by atoms with Gasteiger partial charge in [-0.1, -0.05) is 37.3 Å². The summed E-state index contributed by atoms with van der Waals surface area (Å²) in [6, 6.07) is 17.5. The van der Waals surface area contributed by atoms with Crippen LogP contribution < -0.4 is 10.1 Å². The summed E-state index contributed by atoms with van der Waals surface area (Å²) >= 11 is 0. The first-order valence-corrected chi connectivity index (χ1v) is 7.80. The number of aryl methyl sites for hydroxylation is 1. The molecule has 2 heteroatoms. The highest BCUT2D eigenvalue weighted by molar-refractivity contribution is 5.53. The van der Waals surface area contributed by atoms with Crippen molar-refractivity contribution in [2.24, 2.45) is 5.92 Å². The van der Waals surface area contributed by atoms with Crippen molar-refractivity contribution in [3.05, 3.63) is 59.7 Å². The number of anilines is 1. The van der Waals surface area contributed by atoms with E-state index >= 15 is 0 Å². The second-order valence-electron chi connectivity index (χ2n) is 5.74. The number of hydrogen-bond acceptors (Lipinski definition) is 2. The molecule has 1 saturated carbocycles. The number of rotatable bonds is 6. The maximum atomic E-state index is 5.26. The van der Waals surface area contributed by atoms with E-state index in [0.717, 1.165) is 18.1 Å². The third-order valence-corrected chi connectivity index (χ3v) is 4.28. The molecule has 0 aliphatic heterocycles. The molecule has 3 rings (SSSR count). The van der Waals surface area contributed by atoms with Crippen LogP contribution in [0.5, 0.6) is 5.75 Å². The molecule has 1 aliphatic carbocycles. The minimum Gasteiger partial charge on any atom is -0.497 e. The second kappa shape index (κ2) is 6.21. The Morgan fingerprint density at radius 2 is 1.81 bits per heavy atom. The van der Waals surface area contributed by atoms with Crippen LogP contribution in [0.1, 0.15) is 36.9 Å². The summed E-state index contributed by atoms with van der Waals surface area (Å²) in [7, 11) is 1.71. The fraction of sp³-hybridized carbons (Fsp3) is 0.368. The summed E-state index contributed by atoms with van der Waals surface area (Å²) in [5.74, 6) is 1.67. The minimum absolute atomic E-state index is 0.406. The number of hydrogen-bond donors (Lipinski definition) is 1. The van der Waals surface area contributed by atoms with Gasteiger partial charge in [-0.2, -0.15) is 0 Å². The van der Waals surface area contributed by atoms with Gasteiger partial charge < -0.3 is 10.1 Å². The molecular formula is C19H23NO. The van der Waals surface area contributed by atoms with E-state index < -0.39 is 0 Å². The van der Waals surface area contributed by atoms with Crippen LogP contribution in [-0.4, -0.2) is 7.11 Å². The van der Waals surface area contributed by atoms with Crippen LogP contribution in [-0.2, 0) is 6.42 Å². The fourth-order valence-corrected chi connectivity index (χ4v) is 2.85. The van der Waals surface area contributed by atoms with E-state index in [9.17, 15) is 0 Å². The minimum atomic E-state index is 0.406. The Morgan fingerprint density at radius 3 is 2.43 bits per heavy atom. The van der Waals surface area contributed by atoms with E-state index in [2.05, 4.69) is 60.8 Å². The molecule has 0 spiro atoms. The van der Waals surface area contributed by atoms with E-state index in [1.54, 1.807) is 7.11 Å². The molecule has 0 saturated heterocycles. The summed E-state index contributed by atoms with van der Waals surface area (Å²) in [6.45, 7) is 2.21. The quantitative estimate of drug-likeness (QED) is 0.819. The average Bonchev–Trinajstić information content (AvgIpc) is 3.38. The van der Waals surface area contributed by atoms with Gasteiger partial charge in [0, 0.05) is 5.69 Å². The van der Waals surface area contributed by atoms with Gasteiger partial charge in [0.25, 0.3) is 0 Å². The van der Waals surface area contributed by atoms with Crippen LogP contribution in [0.15, 0.2) is 48.5 Å². The zero-order valence-corrected chi connectivity index (χ0v) is 12.8. The summed E-state index contributed by atoms with van der Waals surface area (Å²) in [6.07, 6.45) is 3.69. The fourth-order valence-electron chi connectivity index (χ4n) is 2.85. The molecule has 1 aliphatic rings. The molecule has 110 valence electrons. The highest BCUT2D eigenvalue weighted by Gasteiger charge is 2.32. The Balaban J connectivity index is 1.84. The summed E-state index contributed by atoms with van der Waals surface area (Å²) in [5, 5.41) is 3.77. The molecule has 2 nitrogen and oxygen atoms in total. The van der Waals surface area contributed by atoms with Gasteiger partial charge in [-0.05, 0) is 54.5 Å². The molecule has 0 radical (unpaired) electrons. The predicted octanol–water partition coefficient (Wildman–Crippen LogP) is 4.82. The Bertz CT molecular complexity index is 587. The molecular weight excluding hydrogens is 258 g/mol. The summed E-state index contributed by atoms with van der Waals surface area (Å²) in [5.41, 5.74) is 4.01. The monoisotopic (exact) mass is 281 g/mol. The van der Waals surface area contributed by atoms with E-state index in [1.165, 1.54) is 29.7 Å². The Morgan fingerprint density at radius 1 is 1.10 bits per heavy atom. The number of benzene rings is 2. The molecule has 2 aromatic carbocycles. The van der Waals surface area contributed by atoms with Gasteiger partial charge in [0.05, 0.1) is 13.2 Å². The van der Waals surface area contributed by atoms with Crippen LogP contribution >= 0.6 is 0 Å². The zero-order chi connectivity index (χ0) is 14.7. The van der Waals surface area contributed by atoms with Gasteiger partial charge in [-0.25, -0.2) is 0 Å². The Kier molecular flexibility index (Phi) is 4.14. The molecule has 1 unspecified atom stereocenters. The largest absolute Gasteiger partial charge is 0.497 e. The van der Waals surface area contributed by atoms with Crippen LogP contribution in [0.25, 0.3) is 0 Å². The standard InChI is InChI=1S/C19H23NO/c1-3-14-6-4-5-7-18(14)20-19(15-8-9-15)16-10-12-17(21-2)13-11-16/h4-7,10-13,15,19-20H,3,8-9H2,1-2H3. The van der Waals surface area contributed by atoms with Gasteiger partial charge in [0.15, 0.2) is 0 Å². The summed E-state index contributed by atoms with van der Waals surface area (Å²) < 4.78 is 5.26. The maximum absolute atomic E-state index is 5.26. The van der Waals surface area contributed by atoms with Crippen molar-refractivity contribution >= 4 is 5.69 Å². The smallest absolute Gasteiger partial charge is 0.118 e. The molecule has 1 atom stereocenters. The predicted molar refractivity (Wildman–Crippen MR) is 87.9 cm³/mol. The SMILES string of the molecule is CCc1ccccc1NC(c1ccc(OC)cc1)C1CC1. The normalized spacial score (nSPS) is 15.5. The van der Waals surface area contributed by atoms with E-state index in [0.29, 0.717) is 6.04 Å². The highest BCUT2D eigenvalue weighted by Crippen LogP contribution is 2.43. The van der Waals surface area contributed by atoms with Crippen molar-refractivity contribution in [2.75, 3.05) is 12.4 Å². The topological polar surface area (TPSA) is 21.3 Å². The van der Waals surface area contributed by atoms with E-state index in [-0.39, 0.29) is 0 Å². The number of methoxy groups -OCH3 is 1. The molecule has 0 amide bonds. The lowest BCUT2D eigenvalue weighted by Crippen LogP contribution is -2.14. The van der Waals surface area contributed by atoms with Crippen LogP contribution in [0.3, 0.4) is 0 Å². The third kappa shape index (κ3) is 3.21. The van der Waals surface area contributed by atoms with Crippen molar-refractivity contribution in [2.45, 2.75) is 32.2 Å². The van der Waals surface area contributed by atoms with Crippen molar-refractivity contribution in [3.63, 3.8) is 0 Å². The van der Waals surface area contributed by atoms with Crippen LogP contribution in [0, 0.1) is 5.92 Å². The van der Waals surface area contributed by atoms with Gasteiger partial charge >= 0.3 is 0 Å². The number of para-hydroxylation sites is 1. The van der Waals surface area contributed by atoms with Crippen molar-refractivity contribution in [1.82, 2.24) is 0 Å². The molecule has 2 aromatic rings. The lowest BCUT2D eigenvalue weighted by molar-refractivity contribution is 0.414. The molecule has 0 aromatic heterocycles. The van der Waals surface area contributed by atoms with Crippen molar-refractivity contribution in [1.29, 1.82) is 0 Å². The molecule has 21 heavy (non-hydrogen) atoms. The zero-order valence-electron chi connectivity index (χ0n) is 12.8. The van der Waals surface area contributed by atoms with Crippen molar-refractivity contribution in [3.8, 4) is 5.75 Å². The van der Waals surface area contributed by atoms with E-state index in [4.69, 9.17) is 4.74 Å². The second-order valence-corrected chi connectivity index (χ2v) is 5.74. The molecule has 1 N–H and O–H groups in total. The van der Waals surface area contributed by atoms with Crippen LogP contribution in [0.2, 0.25) is 0 Å². The molecule has 0 bridgehead atoms. The number of ether oxygens (including phenoxy) is 1. The van der Waals surface area contributed by atoms with Crippen molar-refractivity contribution < 1.29 is 4.74 Å². The molecule has 1 fully saturated rings. The van der Waals surface area contributed by atoms with Gasteiger partial charge in [0.1, 0.15) is 5.75 Å². The Labute approximate surface area is 127 Å². The lowest BCUT2D eigenvalue weighted by Gasteiger charge is -2.22. The highest BCUT2D eigenvalue weighted by atomic mass is 16.5. The van der Waals surface area contributed by atoms with Gasteiger partial charge in [-0.15, -0.1) is 0 Å². The summed E-state index contributed by atoms with van der Waals surface area (Å²) in [4.78, 5) is 0. The van der Waals surface area contributed by atoms with Crippen LogP contribution in [0.4, 0.5) is 5.69 Å². The Hall–Kier alpha value is -1.96.